The molecule has 6 atom stereocenters. The van der Waals surface area contributed by atoms with Crippen LogP contribution in [0.15, 0.2) is 24.8 Å². The molecular formula is C54H58F8N14O4S2. The first-order chi connectivity index (χ1) is 39.1. The Balaban J connectivity index is 0.000000154. The first kappa shape index (κ1) is 54.7. The smallest absolute Gasteiger partial charge is 0.282 e. The zero-order valence-electron chi connectivity index (χ0n) is 44.6. The molecule has 0 aliphatic heterocycles. The van der Waals surface area contributed by atoms with Gasteiger partial charge in [-0.2, -0.15) is 10.2 Å². The average Bonchev–Trinajstić information content (AvgIpc) is 3.93. The van der Waals surface area contributed by atoms with Crippen LogP contribution in [0.1, 0.15) is 152 Å². The van der Waals surface area contributed by atoms with E-state index in [1.54, 1.807) is 26.7 Å². The van der Waals surface area contributed by atoms with Gasteiger partial charge in [0.05, 0.1) is 11.1 Å². The van der Waals surface area contributed by atoms with Crippen molar-refractivity contribution in [2.24, 2.45) is 48.6 Å². The summed E-state index contributed by atoms with van der Waals surface area (Å²) in [7, 11) is 3.09. The fourth-order valence-electron chi connectivity index (χ4n) is 12.5. The van der Waals surface area contributed by atoms with Gasteiger partial charge in [0.25, 0.3) is 36.5 Å². The van der Waals surface area contributed by atoms with E-state index in [-0.39, 0.29) is 96.5 Å². The van der Waals surface area contributed by atoms with Crippen molar-refractivity contribution in [3.8, 4) is 0 Å². The molecule has 6 saturated carbocycles. The molecule has 14 rings (SSSR count). The number of carbonyl (C=O) groups excluding carboxylic acids is 4. The van der Waals surface area contributed by atoms with Crippen molar-refractivity contribution in [3.05, 3.63) is 77.9 Å². The number of nitrogens with zero attached hydrogens (tertiary/aromatic N) is 10. The highest BCUT2D eigenvalue weighted by Crippen LogP contribution is 2.72. The third-order valence-corrected chi connectivity index (χ3v) is 20.9. The lowest BCUT2D eigenvalue weighted by Crippen LogP contribution is -2.29. The van der Waals surface area contributed by atoms with Crippen LogP contribution in [0.4, 0.5) is 58.7 Å². The molecule has 2 spiro atoms. The maximum atomic E-state index is 13.5. The number of hydrogen-bond acceptors (Lipinski definition) is 14. The van der Waals surface area contributed by atoms with Gasteiger partial charge in [-0.1, -0.05) is 0 Å². The summed E-state index contributed by atoms with van der Waals surface area (Å²) in [5.41, 5.74) is 2.23. The summed E-state index contributed by atoms with van der Waals surface area (Å²) < 4.78 is 113. The first-order valence-corrected chi connectivity index (χ1v) is 29.3. The number of rotatable bonds is 20. The quantitative estimate of drug-likeness (QED) is 0.0526. The Morgan fingerprint density at radius 3 is 1.34 bits per heavy atom. The van der Waals surface area contributed by atoms with Crippen molar-refractivity contribution < 1.29 is 54.3 Å². The van der Waals surface area contributed by atoms with Crippen molar-refractivity contribution in [2.75, 3.05) is 23.7 Å². The number of nitrogens with one attached hydrogen (secondary N) is 4. The van der Waals surface area contributed by atoms with E-state index in [0.717, 1.165) is 59.4 Å². The van der Waals surface area contributed by atoms with Crippen LogP contribution in [-0.2, 0) is 62.2 Å². The Hall–Kier alpha value is -6.58. The Kier molecular flexibility index (Phi) is 13.4. The SMILES string of the molecule is Cn1nc(C(F)F)cc1Nc1nncn1[C@H]1CCc2sc(CC(=O)[C@H]3CC34CC4)c(C(=O)NC[C@@H]3CC3(F)F)c2C1.Cn1nc(C(F)F)cc1Nc1nncn1[C@H]1CCc2sc(CC(=O)[C@H]3CC34CC4)c(C(=O)NC[C@H]3CC3(F)F)c2C1. The molecule has 436 valence electrons. The van der Waals surface area contributed by atoms with Gasteiger partial charge in [-0.05, 0) is 99.0 Å². The van der Waals surface area contributed by atoms with Crippen LogP contribution in [0.25, 0.3) is 0 Å². The fraction of sp³-hybridized carbons (Fsp3) is 0.593. The minimum absolute atomic E-state index is 0.0682. The summed E-state index contributed by atoms with van der Waals surface area (Å²) in [6, 6.07) is 2.20. The van der Waals surface area contributed by atoms with Crippen molar-refractivity contribution in [3.63, 3.8) is 0 Å². The molecule has 28 heteroatoms. The maximum Gasteiger partial charge on any atom is 0.282 e. The second-order valence-corrected chi connectivity index (χ2v) is 26.2. The van der Waals surface area contributed by atoms with Crippen molar-refractivity contribution in [1.29, 1.82) is 0 Å². The van der Waals surface area contributed by atoms with Crippen LogP contribution in [-0.4, -0.2) is 97.4 Å². The molecule has 18 nitrogen and oxygen atoms in total. The molecule has 0 radical (unpaired) electrons. The summed E-state index contributed by atoms with van der Waals surface area (Å²) in [5.74, 6) is -6.23. The number of hydrogen-bond donors (Lipinski definition) is 4. The van der Waals surface area contributed by atoms with E-state index >= 15 is 0 Å². The number of aromatic nitrogens is 10. The fourth-order valence-corrected chi connectivity index (χ4v) is 15.3. The lowest BCUT2D eigenvalue weighted by atomic mass is 9.89. The molecule has 82 heavy (non-hydrogen) atoms. The average molecular weight is 1180 g/mol. The van der Waals surface area contributed by atoms with Crippen LogP contribution in [0.3, 0.4) is 0 Å². The van der Waals surface area contributed by atoms with Gasteiger partial charge >= 0.3 is 0 Å². The zero-order chi connectivity index (χ0) is 57.4. The molecule has 6 aromatic heterocycles. The van der Waals surface area contributed by atoms with Gasteiger partial charge in [0.15, 0.2) is 0 Å². The summed E-state index contributed by atoms with van der Waals surface area (Å²) >= 11 is 2.96. The highest BCUT2D eigenvalue weighted by Gasteiger charge is 2.66. The van der Waals surface area contributed by atoms with Crippen LogP contribution < -0.4 is 21.3 Å². The van der Waals surface area contributed by atoms with Crippen LogP contribution in [0, 0.1) is 34.5 Å². The van der Waals surface area contributed by atoms with Crippen molar-refractivity contribution in [1.82, 2.24) is 59.7 Å². The first-order valence-electron chi connectivity index (χ1n) is 27.7. The lowest BCUT2D eigenvalue weighted by Gasteiger charge is -2.25. The number of alkyl halides is 8. The number of ketones is 2. The summed E-state index contributed by atoms with van der Waals surface area (Å²) in [6.07, 6.45) is 7.45. The van der Waals surface area contributed by atoms with Crippen molar-refractivity contribution >= 4 is 69.6 Å². The number of anilines is 4. The summed E-state index contributed by atoms with van der Waals surface area (Å²) in [5, 5.41) is 35.4. The molecule has 0 saturated heterocycles. The van der Waals surface area contributed by atoms with Gasteiger partial charge in [-0.3, -0.25) is 37.7 Å². The molecule has 4 N–H and O–H groups in total. The van der Waals surface area contributed by atoms with E-state index < -0.39 is 48.3 Å². The van der Waals surface area contributed by atoms with Gasteiger partial charge in [-0.15, -0.1) is 43.1 Å². The van der Waals surface area contributed by atoms with Gasteiger partial charge < -0.3 is 21.3 Å². The van der Waals surface area contributed by atoms with Crippen LogP contribution in [0.5, 0.6) is 0 Å². The molecule has 6 aromatic rings. The van der Waals surface area contributed by atoms with E-state index in [1.165, 1.54) is 44.2 Å². The third-order valence-electron chi connectivity index (χ3n) is 18.3. The highest BCUT2D eigenvalue weighted by molar-refractivity contribution is 7.13. The van der Waals surface area contributed by atoms with Crippen molar-refractivity contribution in [2.45, 2.75) is 140 Å². The Bertz CT molecular complexity index is 3310. The van der Waals surface area contributed by atoms with E-state index in [2.05, 4.69) is 51.9 Å². The van der Waals surface area contributed by atoms with Crippen LogP contribution >= 0.6 is 22.7 Å². The number of Topliss-reactive ketones (excluding diaryl/α,β-unsaturated/α-hetero) is 2. The number of amides is 2. The van der Waals surface area contributed by atoms with Gasteiger partial charge in [0.2, 0.25) is 11.9 Å². The predicted molar refractivity (Wildman–Crippen MR) is 281 cm³/mol. The van der Waals surface area contributed by atoms with E-state index in [4.69, 9.17) is 0 Å². The number of aryl methyl sites for hydroxylation is 4. The molecule has 6 heterocycles. The Labute approximate surface area is 471 Å². The summed E-state index contributed by atoms with van der Waals surface area (Å²) in [6.45, 7) is -0.215. The second kappa shape index (κ2) is 20.1. The van der Waals surface area contributed by atoms with E-state index in [1.807, 2.05) is 9.13 Å². The van der Waals surface area contributed by atoms with Gasteiger partial charge in [0, 0.05) is 120 Å². The third kappa shape index (κ3) is 10.5. The molecular weight excluding hydrogens is 1120 g/mol. The minimum Gasteiger partial charge on any atom is -0.351 e. The maximum absolute atomic E-state index is 13.5. The van der Waals surface area contributed by atoms with Crippen LogP contribution in [0.2, 0.25) is 0 Å². The van der Waals surface area contributed by atoms with Gasteiger partial charge in [-0.25, -0.2) is 35.1 Å². The molecule has 2 amide bonds. The highest BCUT2D eigenvalue weighted by atomic mass is 32.1. The number of carbonyl (C=O) groups is 4. The lowest BCUT2D eigenvalue weighted by molar-refractivity contribution is -0.120. The monoisotopic (exact) mass is 1180 g/mol. The zero-order valence-corrected chi connectivity index (χ0v) is 46.2. The molecule has 8 aliphatic carbocycles. The predicted octanol–water partition coefficient (Wildman–Crippen LogP) is 9.56. The Morgan fingerprint density at radius 1 is 0.622 bits per heavy atom. The normalized spacial score (nSPS) is 24.8. The van der Waals surface area contributed by atoms with E-state index in [0.29, 0.717) is 82.9 Å². The number of fused-ring (bicyclic) bond motifs is 2. The number of thiophene rings is 2. The topological polar surface area (TPSA) is 213 Å². The second-order valence-electron chi connectivity index (χ2n) is 23.8. The van der Waals surface area contributed by atoms with E-state index in [9.17, 15) is 54.3 Å². The van der Waals surface area contributed by atoms with Gasteiger partial charge in [0.1, 0.15) is 47.2 Å². The standard InChI is InChI=1S/2C27H29F4N7O2S/c2*1-37-21(7-17(36-37)23(28)29)34-25-35-33-12-38(25)14-2-3-19-15(6-14)22(24(40)32-11-13-9-27(13,30)31)20(41-19)8-18(39)16-10-26(16)4-5-26/h2*7,12-14,16,23H,2-6,8-11H2,1H3,(H,32,40)(H,34,35)/t13-,14+,16-;13-,14-,16+/m10/s1. The molecule has 0 aromatic carbocycles. The summed E-state index contributed by atoms with van der Waals surface area (Å²) in [4.78, 5) is 56.6. The number of halogens is 8. The molecule has 0 bridgehead atoms. The minimum atomic E-state index is -2.74. The molecule has 8 aliphatic rings. The molecule has 0 unspecified atom stereocenters. The molecule has 6 fully saturated rings. The Morgan fingerprint density at radius 2 is 1.01 bits per heavy atom. The largest absolute Gasteiger partial charge is 0.351 e.